The van der Waals surface area contributed by atoms with Gasteiger partial charge in [-0.25, -0.2) is 0 Å². The van der Waals surface area contributed by atoms with Crippen molar-refractivity contribution in [3.05, 3.63) is 0 Å². The van der Waals surface area contributed by atoms with Crippen LogP contribution in [0, 0.1) is 0 Å². The van der Waals surface area contributed by atoms with E-state index in [-0.39, 0.29) is 18.3 Å². The second-order valence-corrected chi connectivity index (χ2v) is 4.73. The van der Waals surface area contributed by atoms with Gasteiger partial charge in [0.1, 0.15) is 0 Å². The van der Waals surface area contributed by atoms with Crippen LogP contribution < -0.4 is 0 Å². The van der Waals surface area contributed by atoms with Crippen LogP contribution in [0.5, 0.6) is 0 Å². The lowest BCUT2D eigenvalue weighted by molar-refractivity contribution is -0.0451. The molecule has 0 aromatic carbocycles. The zero-order chi connectivity index (χ0) is 13.8. The highest BCUT2D eigenvalue weighted by Gasteiger charge is 2.12. The molecule has 0 aliphatic carbocycles. The van der Waals surface area contributed by atoms with Crippen LogP contribution >= 0.6 is 0 Å². The van der Waals surface area contributed by atoms with Gasteiger partial charge in [-0.15, -0.1) is 0 Å². The van der Waals surface area contributed by atoms with Crippen molar-refractivity contribution in [1.82, 2.24) is 0 Å². The molecule has 0 saturated carbocycles. The monoisotopic (exact) mass is 262 g/mol. The topological polar surface area (TPSA) is 36.9 Å². The SMILES string of the molecule is CCC(CC(C)OCCOC)OCCOC(C)C. The molecule has 0 fully saturated rings. The highest BCUT2D eigenvalue weighted by Crippen LogP contribution is 2.09. The molecule has 0 aliphatic rings. The van der Waals surface area contributed by atoms with Gasteiger partial charge in [-0.2, -0.15) is 0 Å². The lowest BCUT2D eigenvalue weighted by atomic mass is 10.1. The second kappa shape index (κ2) is 11.9. The molecule has 0 bridgehead atoms. The van der Waals surface area contributed by atoms with Gasteiger partial charge < -0.3 is 18.9 Å². The third-order valence-electron chi connectivity index (χ3n) is 2.63. The minimum atomic E-state index is 0.205. The van der Waals surface area contributed by atoms with Crippen LogP contribution in [0.4, 0.5) is 0 Å². The molecule has 0 heterocycles. The molecule has 0 saturated heterocycles. The first kappa shape index (κ1) is 17.8. The van der Waals surface area contributed by atoms with Crippen molar-refractivity contribution in [3.63, 3.8) is 0 Å². The summed E-state index contributed by atoms with van der Waals surface area (Å²) in [6.45, 7) is 10.9. The Labute approximate surface area is 112 Å². The summed E-state index contributed by atoms with van der Waals surface area (Å²) in [5, 5.41) is 0. The third-order valence-corrected chi connectivity index (χ3v) is 2.63. The van der Waals surface area contributed by atoms with Crippen LogP contribution in [-0.2, 0) is 18.9 Å². The van der Waals surface area contributed by atoms with E-state index in [0.717, 1.165) is 12.8 Å². The molecule has 2 atom stereocenters. The van der Waals surface area contributed by atoms with Crippen LogP contribution in [0.2, 0.25) is 0 Å². The predicted molar refractivity (Wildman–Crippen MR) is 73.0 cm³/mol. The first-order valence-corrected chi connectivity index (χ1v) is 6.93. The first-order valence-electron chi connectivity index (χ1n) is 6.93. The van der Waals surface area contributed by atoms with E-state index < -0.39 is 0 Å². The molecule has 0 amide bonds. The molecule has 0 aromatic rings. The van der Waals surface area contributed by atoms with Crippen molar-refractivity contribution in [1.29, 1.82) is 0 Å². The molecular weight excluding hydrogens is 232 g/mol. The highest BCUT2D eigenvalue weighted by atomic mass is 16.5. The van der Waals surface area contributed by atoms with Gasteiger partial charge in [-0.1, -0.05) is 6.92 Å². The molecule has 0 N–H and O–H groups in total. The predicted octanol–water partition coefficient (Wildman–Crippen LogP) is 2.65. The number of hydrogen-bond donors (Lipinski definition) is 0. The minimum absolute atomic E-state index is 0.205. The molecule has 110 valence electrons. The van der Waals surface area contributed by atoms with Crippen LogP contribution in [-0.4, -0.2) is 51.8 Å². The Morgan fingerprint density at radius 2 is 1.44 bits per heavy atom. The van der Waals surface area contributed by atoms with E-state index in [0.29, 0.717) is 26.4 Å². The zero-order valence-corrected chi connectivity index (χ0v) is 12.6. The normalized spacial score (nSPS) is 15.0. The van der Waals surface area contributed by atoms with Gasteiger partial charge in [0.15, 0.2) is 0 Å². The highest BCUT2D eigenvalue weighted by molar-refractivity contribution is 4.61. The Morgan fingerprint density at radius 3 is 2.00 bits per heavy atom. The van der Waals surface area contributed by atoms with E-state index >= 15 is 0 Å². The molecule has 0 aliphatic heterocycles. The van der Waals surface area contributed by atoms with Crippen molar-refractivity contribution in [2.24, 2.45) is 0 Å². The third kappa shape index (κ3) is 11.0. The van der Waals surface area contributed by atoms with Crippen LogP contribution in [0.3, 0.4) is 0 Å². The summed E-state index contributed by atoms with van der Waals surface area (Å²) in [6, 6.07) is 0. The Morgan fingerprint density at radius 1 is 0.833 bits per heavy atom. The molecule has 4 nitrogen and oxygen atoms in total. The lowest BCUT2D eigenvalue weighted by Gasteiger charge is -2.21. The van der Waals surface area contributed by atoms with E-state index in [1.807, 2.05) is 13.8 Å². The van der Waals surface area contributed by atoms with Crippen LogP contribution in [0.1, 0.15) is 40.5 Å². The Balaban J connectivity index is 3.61. The van der Waals surface area contributed by atoms with Gasteiger partial charge in [0.2, 0.25) is 0 Å². The van der Waals surface area contributed by atoms with E-state index in [2.05, 4.69) is 13.8 Å². The molecule has 2 unspecified atom stereocenters. The average molecular weight is 262 g/mol. The number of ether oxygens (including phenoxy) is 4. The fraction of sp³-hybridized carbons (Fsp3) is 1.00. The standard InChI is InChI=1S/C14H30O4/c1-6-14(18-10-9-16-12(2)3)11-13(4)17-8-7-15-5/h12-14H,6-11H2,1-5H3. The van der Waals surface area contributed by atoms with Gasteiger partial charge in [-0.05, 0) is 33.6 Å². The fourth-order valence-corrected chi connectivity index (χ4v) is 1.62. The van der Waals surface area contributed by atoms with Crippen molar-refractivity contribution < 1.29 is 18.9 Å². The maximum Gasteiger partial charge on any atom is 0.0704 e. The molecular formula is C14H30O4. The molecule has 0 rings (SSSR count). The van der Waals surface area contributed by atoms with E-state index in [9.17, 15) is 0 Å². The molecule has 0 spiro atoms. The largest absolute Gasteiger partial charge is 0.382 e. The van der Waals surface area contributed by atoms with Crippen molar-refractivity contribution in [2.45, 2.75) is 58.8 Å². The molecule has 0 radical (unpaired) electrons. The summed E-state index contributed by atoms with van der Waals surface area (Å²) < 4.78 is 21.8. The maximum atomic E-state index is 5.78. The summed E-state index contributed by atoms with van der Waals surface area (Å²) in [4.78, 5) is 0. The average Bonchev–Trinajstić information content (AvgIpc) is 2.33. The van der Waals surface area contributed by atoms with Crippen molar-refractivity contribution in [2.75, 3.05) is 33.5 Å². The number of rotatable bonds is 12. The quantitative estimate of drug-likeness (QED) is 0.507. The van der Waals surface area contributed by atoms with Gasteiger partial charge in [0.05, 0.1) is 44.7 Å². The second-order valence-electron chi connectivity index (χ2n) is 4.73. The first-order chi connectivity index (χ1) is 8.60. The van der Waals surface area contributed by atoms with Gasteiger partial charge in [0, 0.05) is 7.11 Å². The Bertz CT molecular complexity index is 173. The lowest BCUT2D eigenvalue weighted by Crippen LogP contribution is -2.23. The van der Waals surface area contributed by atoms with Crippen LogP contribution in [0.15, 0.2) is 0 Å². The van der Waals surface area contributed by atoms with E-state index in [1.165, 1.54) is 0 Å². The van der Waals surface area contributed by atoms with Gasteiger partial charge in [-0.3, -0.25) is 0 Å². The molecule has 4 heteroatoms. The Kier molecular flexibility index (Phi) is 11.8. The fourth-order valence-electron chi connectivity index (χ4n) is 1.62. The number of methoxy groups -OCH3 is 1. The summed E-state index contributed by atoms with van der Waals surface area (Å²) in [5.41, 5.74) is 0. The van der Waals surface area contributed by atoms with Crippen LogP contribution in [0.25, 0.3) is 0 Å². The summed E-state index contributed by atoms with van der Waals surface area (Å²) in [6.07, 6.45) is 2.64. The van der Waals surface area contributed by atoms with E-state index in [1.54, 1.807) is 7.11 Å². The minimum Gasteiger partial charge on any atom is -0.382 e. The molecule has 0 aromatic heterocycles. The van der Waals surface area contributed by atoms with Crippen molar-refractivity contribution >= 4 is 0 Å². The molecule has 18 heavy (non-hydrogen) atoms. The smallest absolute Gasteiger partial charge is 0.0704 e. The summed E-state index contributed by atoms with van der Waals surface area (Å²) in [5.74, 6) is 0. The Hall–Kier alpha value is -0.160. The summed E-state index contributed by atoms with van der Waals surface area (Å²) >= 11 is 0. The van der Waals surface area contributed by atoms with Gasteiger partial charge >= 0.3 is 0 Å². The van der Waals surface area contributed by atoms with Gasteiger partial charge in [0.25, 0.3) is 0 Å². The zero-order valence-electron chi connectivity index (χ0n) is 12.6. The maximum absolute atomic E-state index is 5.78. The summed E-state index contributed by atoms with van der Waals surface area (Å²) in [7, 11) is 1.68. The van der Waals surface area contributed by atoms with E-state index in [4.69, 9.17) is 18.9 Å². The van der Waals surface area contributed by atoms with Crippen molar-refractivity contribution in [3.8, 4) is 0 Å². The number of hydrogen-bond acceptors (Lipinski definition) is 4.